The highest BCUT2D eigenvalue weighted by molar-refractivity contribution is 7.15. The predicted octanol–water partition coefficient (Wildman–Crippen LogP) is 6.39. The highest BCUT2D eigenvalue weighted by Crippen LogP contribution is 2.35. The van der Waals surface area contributed by atoms with Gasteiger partial charge in [-0.2, -0.15) is 0 Å². The molecule has 0 aliphatic carbocycles. The summed E-state index contributed by atoms with van der Waals surface area (Å²) >= 11 is 1.75. The SMILES string of the molecule is CCCCCC1COC(c2ccc(-c3ccc(CCCC)nc3)s2)OC1. The van der Waals surface area contributed by atoms with Crippen molar-refractivity contribution in [1.82, 2.24) is 4.98 Å². The van der Waals surface area contributed by atoms with Gasteiger partial charge in [-0.1, -0.05) is 45.6 Å². The molecule has 0 spiro atoms. The molecule has 1 aliphatic heterocycles. The van der Waals surface area contributed by atoms with E-state index in [0.29, 0.717) is 5.92 Å². The van der Waals surface area contributed by atoms with Crippen LogP contribution in [0.2, 0.25) is 0 Å². The van der Waals surface area contributed by atoms with Gasteiger partial charge < -0.3 is 9.47 Å². The average molecular weight is 374 g/mol. The smallest absolute Gasteiger partial charge is 0.193 e. The second-order valence-corrected chi connectivity index (χ2v) is 8.32. The first-order valence-corrected chi connectivity index (χ1v) is 10.9. The summed E-state index contributed by atoms with van der Waals surface area (Å²) in [4.78, 5) is 6.99. The van der Waals surface area contributed by atoms with Crippen molar-refractivity contribution in [2.24, 2.45) is 5.92 Å². The van der Waals surface area contributed by atoms with Gasteiger partial charge in [-0.3, -0.25) is 4.98 Å². The molecule has 1 aliphatic rings. The van der Waals surface area contributed by atoms with Crippen molar-refractivity contribution in [3.05, 3.63) is 41.0 Å². The van der Waals surface area contributed by atoms with Crippen LogP contribution in [0.4, 0.5) is 0 Å². The Balaban J connectivity index is 1.53. The Hall–Kier alpha value is -1.23. The fourth-order valence-corrected chi connectivity index (χ4v) is 4.26. The van der Waals surface area contributed by atoms with E-state index in [1.165, 1.54) is 54.7 Å². The molecule has 2 aromatic heterocycles. The Morgan fingerprint density at radius 2 is 1.81 bits per heavy atom. The van der Waals surface area contributed by atoms with Gasteiger partial charge in [0.25, 0.3) is 0 Å². The van der Waals surface area contributed by atoms with Gasteiger partial charge in [0.05, 0.1) is 18.1 Å². The third-order valence-corrected chi connectivity index (χ3v) is 6.09. The number of rotatable bonds is 9. The topological polar surface area (TPSA) is 31.4 Å². The predicted molar refractivity (Wildman–Crippen MR) is 108 cm³/mol. The van der Waals surface area contributed by atoms with Crippen LogP contribution in [0.15, 0.2) is 30.5 Å². The van der Waals surface area contributed by atoms with Gasteiger partial charge >= 0.3 is 0 Å². The molecule has 1 saturated heterocycles. The number of aryl methyl sites for hydroxylation is 1. The Morgan fingerprint density at radius 3 is 2.50 bits per heavy atom. The summed E-state index contributed by atoms with van der Waals surface area (Å²) in [5.41, 5.74) is 2.36. The first-order chi connectivity index (χ1) is 12.8. The van der Waals surface area contributed by atoms with Crippen LogP contribution in [0.5, 0.6) is 0 Å². The van der Waals surface area contributed by atoms with Crippen molar-refractivity contribution in [2.45, 2.75) is 65.1 Å². The van der Waals surface area contributed by atoms with Crippen LogP contribution in [0.1, 0.15) is 69.2 Å². The number of thiophene rings is 1. The lowest BCUT2D eigenvalue weighted by Gasteiger charge is -2.28. The average Bonchev–Trinajstić information content (AvgIpc) is 3.18. The third kappa shape index (κ3) is 5.38. The number of nitrogens with zero attached hydrogens (tertiary/aromatic N) is 1. The van der Waals surface area contributed by atoms with Crippen LogP contribution in [0.3, 0.4) is 0 Å². The Kier molecular flexibility index (Phi) is 7.66. The molecule has 3 nitrogen and oxygen atoms in total. The summed E-state index contributed by atoms with van der Waals surface area (Å²) in [6.07, 6.45) is 10.3. The van der Waals surface area contributed by atoms with Gasteiger partial charge in [0.1, 0.15) is 0 Å². The Morgan fingerprint density at radius 1 is 1.00 bits per heavy atom. The molecule has 0 amide bonds. The molecule has 1 fully saturated rings. The number of aromatic nitrogens is 1. The molecular weight excluding hydrogens is 342 g/mol. The zero-order valence-corrected chi connectivity index (χ0v) is 16.9. The lowest BCUT2D eigenvalue weighted by atomic mass is 10.0. The fourth-order valence-electron chi connectivity index (χ4n) is 3.27. The van der Waals surface area contributed by atoms with Crippen LogP contribution >= 0.6 is 11.3 Å². The highest BCUT2D eigenvalue weighted by Gasteiger charge is 2.24. The fraction of sp³-hybridized carbons (Fsp3) is 0.591. The molecule has 0 N–H and O–H groups in total. The molecule has 26 heavy (non-hydrogen) atoms. The van der Waals surface area contributed by atoms with Crippen LogP contribution in [-0.4, -0.2) is 18.2 Å². The zero-order valence-electron chi connectivity index (χ0n) is 16.1. The van der Waals surface area contributed by atoms with E-state index in [-0.39, 0.29) is 6.29 Å². The van der Waals surface area contributed by atoms with Gasteiger partial charge in [0.15, 0.2) is 6.29 Å². The second-order valence-electron chi connectivity index (χ2n) is 7.20. The molecule has 0 radical (unpaired) electrons. The van der Waals surface area contributed by atoms with E-state index in [2.05, 4.69) is 43.1 Å². The molecule has 0 aromatic carbocycles. The van der Waals surface area contributed by atoms with Gasteiger partial charge in [-0.25, -0.2) is 0 Å². The number of ether oxygens (including phenoxy) is 2. The van der Waals surface area contributed by atoms with E-state index in [1.807, 2.05) is 6.20 Å². The van der Waals surface area contributed by atoms with E-state index in [4.69, 9.17) is 9.47 Å². The Bertz CT molecular complexity index is 644. The van der Waals surface area contributed by atoms with Crippen molar-refractivity contribution in [1.29, 1.82) is 0 Å². The molecule has 2 aromatic rings. The van der Waals surface area contributed by atoms with Gasteiger partial charge in [0.2, 0.25) is 0 Å². The zero-order chi connectivity index (χ0) is 18.2. The minimum atomic E-state index is -0.201. The molecule has 0 unspecified atom stereocenters. The maximum absolute atomic E-state index is 5.99. The quantitative estimate of drug-likeness (QED) is 0.477. The van der Waals surface area contributed by atoms with Crippen molar-refractivity contribution < 1.29 is 9.47 Å². The first-order valence-electron chi connectivity index (χ1n) is 10.1. The van der Waals surface area contributed by atoms with E-state index in [9.17, 15) is 0 Å². The molecule has 0 atom stereocenters. The standard InChI is InChI=1S/C22H31NO2S/c1-3-5-7-8-17-15-24-22(25-16-17)21-13-12-20(26-21)18-10-11-19(23-14-18)9-6-4-2/h10-14,17,22H,3-9,15-16H2,1-2H3. The lowest BCUT2D eigenvalue weighted by molar-refractivity contribution is -0.204. The minimum absolute atomic E-state index is 0.201. The number of hydrogen-bond acceptors (Lipinski definition) is 4. The third-order valence-electron chi connectivity index (χ3n) is 4.94. The summed E-state index contributed by atoms with van der Waals surface area (Å²) in [6.45, 7) is 6.08. The molecule has 3 heterocycles. The highest BCUT2D eigenvalue weighted by atomic mass is 32.1. The van der Waals surface area contributed by atoms with Crippen LogP contribution in [0.25, 0.3) is 10.4 Å². The maximum atomic E-state index is 5.99. The summed E-state index contributed by atoms with van der Waals surface area (Å²) in [7, 11) is 0. The van der Waals surface area contributed by atoms with Crippen molar-refractivity contribution in [3.63, 3.8) is 0 Å². The number of hydrogen-bond donors (Lipinski definition) is 0. The van der Waals surface area contributed by atoms with Crippen LogP contribution in [-0.2, 0) is 15.9 Å². The van der Waals surface area contributed by atoms with Gasteiger partial charge in [-0.15, -0.1) is 11.3 Å². The largest absolute Gasteiger partial charge is 0.347 e. The lowest BCUT2D eigenvalue weighted by Crippen LogP contribution is -2.26. The van der Waals surface area contributed by atoms with Crippen molar-refractivity contribution in [2.75, 3.05) is 13.2 Å². The first kappa shape index (κ1) is 19.5. The monoisotopic (exact) mass is 373 g/mol. The maximum Gasteiger partial charge on any atom is 0.193 e. The normalized spacial score (nSPS) is 20.4. The molecule has 0 saturated carbocycles. The number of pyridine rings is 1. The summed E-state index contributed by atoms with van der Waals surface area (Å²) < 4.78 is 12.0. The molecule has 142 valence electrons. The number of unbranched alkanes of at least 4 members (excludes halogenated alkanes) is 3. The van der Waals surface area contributed by atoms with Crippen molar-refractivity contribution in [3.8, 4) is 10.4 Å². The van der Waals surface area contributed by atoms with E-state index >= 15 is 0 Å². The molecular formula is C22H31NO2S. The van der Waals surface area contributed by atoms with Gasteiger partial charge in [0, 0.05) is 28.2 Å². The van der Waals surface area contributed by atoms with E-state index in [1.54, 1.807) is 11.3 Å². The summed E-state index contributed by atoms with van der Waals surface area (Å²) in [5, 5.41) is 0. The van der Waals surface area contributed by atoms with Crippen molar-refractivity contribution >= 4 is 11.3 Å². The molecule has 4 heteroatoms. The minimum Gasteiger partial charge on any atom is -0.347 e. The molecule has 3 rings (SSSR count). The summed E-state index contributed by atoms with van der Waals surface area (Å²) in [6, 6.07) is 8.62. The second kappa shape index (κ2) is 10.2. The van der Waals surface area contributed by atoms with Crippen LogP contribution in [0, 0.1) is 5.92 Å². The van der Waals surface area contributed by atoms with E-state index < -0.39 is 0 Å². The molecule has 0 bridgehead atoms. The Labute approximate surface area is 161 Å². The van der Waals surface area contributed by atoms with E-state index in [0.717, 1.165) is 24.5 Å². The van der Waals surface area contributed by atoms with Crippen LogP contribution < -0.4 is 0 Å². The van der Waals surface area contributed by atoms with Gasteiger partial charge in [-0.05, 0) is 37.5 Å². The summed E-state index contributed by atoms with van der Waals surface area (Å²) in [5.74, 6) is 0.553.